The molecule has 0 bridgehead atoms. The molecule has 1 heterocycles. The summed E-state index contributed by atoms with van der Waals surface area (Å²) >= 11 is 4.87. The number of rotatable bonds is 1. The highest BCUT2D eigenvalue weighted by Gasteiger charge is 2.43. The van der Waals surface area contributed by atoms with E-state index in [1.807, 2.05) is 0 Å². The van der Waals surface area contributed by atoms with Crippen molar-refractivity contribution in [3.05, 3.63) is 0 Å². The average Bonchev–Trinajstić information content (AvgIpc) is 2.15. The second-order valence-electron chi connectivity index (χ2n) is 2.19. The average molecular weight is 240 g/mol. The molecule has 0 saturated carbocycles. The molecule has 1 aliphatic rings. The normalized spacial score (nSPS) is 16.1. The highest BCUT2D eigenvalue weighted by atomic mass is 35.5. The molecule has 0 aliphatic carbocycles. The number of carbonyl (C=O) groups is 1. The van der Waals surface area contributed by atoms with Crippen molar-refractivity contribution >= 4 is 28.3 Å². The molecule has 0 aromatic carbocycles. The smallest absolute Gasteiger partial charge is 0.274 e. The minimum Gasteiger partial charge on any atom is -0.274 e. The van der Waals surface area contributed by atoms with Gasteiger partial charge in [0.1, 0.15) is 0 Å². The van der Waals surface area contributed by atoms with Crippen molar-refractivity contribution in [2.24, 2.45) is 10.2 Å². The quantitative estimate of drug-likeness (QED) is 0.528. The Balaban J connectivity index is 3.12. The highest BCUT2D eigenvalue weighted by Crippen LogP contribution is 2.20. The van der Waals surface area contributed by atoms with Crippen LogP contribution in [0, 0.1) is 11.5 Å². The lowest BCUT2D eigenvalue weighted by Gasteiger charge is -2.18. The monoisotopic (exact) mass is 239 g/mol. The Hall–Kier alpha value is -1.82. The van der Waals surface area contributed by atoms with E-state index in [0.29, 0.717) is 0 Å². The van der Waals surface area contributed by atoms with Gasteiger partial charge in [0.15, 0.2) is 11.4 Å². The molecule has 0 spiro atoms. The topological polar surface area (TPSA) is 80.8 Å². The first-order valence-electron chi connectivity index (χ1n) is 3.25. The number of carbonyl (C=O) groups excluding carboxylic acids is 1. The summed E-state index contributed by atoms with van der Waals surface area (Å²) in [5.41, 5.74) is -1.06. The SMILES string of the molecule is N#CN1N=C(C(=O)Cl)C(C(F)(F)F)=NN1. The van der Waals surface area contributed by atoms with Crippen LogP contribution in [-0.2, 0) is 4.79 Å². The number of hydrogen-bond donors (Lipinski definition) is 1. The van der Waals surface area contributed by atoms with Gasteiger partial charge in [-0.05, 0) is 11.6 Å². The fraction of sp³-hybridized carbons (Fsp3) is 0.200. The van der Waals surface area contributed by atoms with E-state index in [1.54, 1.807) is 5.53 Å². The molecule has 80 valence electrons. The van der Waals surface area contributed by atoms with E-state index in [1.165, 1.54) is 6.19 Å². The molecule has 0 aromatic rings. The van der Waals surface area contributed by atoms with Crippen LogP contribution in [0.15, 0.2) is 10.2 Å². The summed E-state index contributed by atoms with van der Waals surface area (Å²) in [4.78, 5) is 10.6. The Morgan fingerprint density at radius 1 is 1.60 bits per heavy atom. The molecular weight excluding hydrogens is 239 g/mol. The number of nitrogens with zero attached hydrogens (tertiary/aromatic N) is 4. The van der Waals surface area contributed by atoms with Gasteiger partial charge < -0.3 is 0 Å². The number of halogens is 4. The Labute approximate surface area is 85.6 Å². The molecular formula is C5HClF3N5O. The molecule has 6 nitrogen and oxygen atoms in total. The van der Waals surface area contributed by atoms with Crippen LogP contribution < -0.4 is 5.53 Å². The van der Waals surface area contributed by atoms with Gasteiger partial charge in [-0.2, -0.15) is 29.1 Å². The summed E-state index contributed by atoms with van der Waals surface area (Å²) in [5.74, 6) is 0. The summed E-state index contributed by atoms with van der Waals surface area (Å²) in [5, 5.41) is 12.9. The van der Waals surface area contributed by atoms with Gasteiger partial charge in [-0.15, -0.1) is 5.10 Å². The van der Waals surface area contributed by atoms with Crippen molar-refractivity contribution in [2.45, 2.75) is 6.18 Å². The third-order valence-electron chi connectivity index (χ3n) is 1.23. The van der Waals surface area contributed by atoms with Gasteiger partial charge in [-0.3, -0.25) is 4.79 Å². The van der Waals surface area contributed by atoms with Crippen molar-refractivity contribution in [1.82, 2.24) is 10.7 Å². The lowest BCUT2D eigenvalue weighted by molar-refractivity contribution is -0.106. The number of nitrogens with one attached hydrogen (secondary N) is 1. The van der Waals surface area contributed by atoms with Gasteiger partial charge in [0, 0.05) is 0 Å². The van der Waals surface area contributed by atoms with Crippen LogP contribution in [-0.4, -0.2) is 28.0 Å². The van der Waals surface area contributed by atoms with E-state index in [0.717, 1.165) is 0 Å². The Morgan fingerprint density at radius 2 is 2.20 bits per heavy atom. The summed E-state index contributed by atoms with van der Waals surface area (Å²) < 4.78 is 36.7. The standard InChI is InChI=1S/C5HClF3N5O/c6-4(15)2-3(5(7,8)9)11-13-14(1-10)12-2/h13H. The van der Waals surface area contributed by atoms with E-state index in [2.05, 4.69) is 10.2 Å². The molecule has 1 N–H and O–H groups in total. The van der Waals surface area contributed by atoms with Crippen LogP contribution >= 0.6 is 11.6 Å². The Kier molecular flexibility index (Phi) is 2.81. The summed E-state index contributed by atoms with van der Waals surface area (Å²) in [7, 11) is 0. The molecule has 0 radical (unpaired) electrons. The second-order valence-corrected chi connectivity index (χ2v) is 2.54. The number of alkyl halides is 3. The molecule has 0 saturated heterocycles. The van der Waals surface area contributed by atoms with Crippen LogP contribution in [0.5, 0.6) is 0 Å². The molecule has 10 heteroatoms. The van der Waals surface area contributed by atoms with Crippen molar-refractivity contribution in [3.63, 3.8) is 0 Å². The summed E-state index contributed by atoms with van der Waals surface area (Å²) in [6.07, 6.45) is -3.57. The van der Waals surface area contributed by atoms with E-state index >= 15 is 0 Å². The van der Waals surface area contributed by atoms with Crippen LogP contribution in [0.4, 0.5) is 13.2 Å². The van der Waals surface area contributed by atoms with E-state index in [9.17, 15) is 18.0 Å². The minimum absolute atomic E-state index is 0.269. The first kappa shape index (κ1) is 11.3. The van der Waals surface area contributed by atoms with Gasteiger partial charge in [-0.1, -0.05) is 5.12 Å². The van der Waals surface area contributed by atoms with Crippen molar-refractivity contribution in [3.8, 4) is 6.19 Å². The molecule has 0 amide bonds. The first-order chi connectivity index (χ1) is 6.86. The minimum atomic E-state index is -4.88. The molecule has 1 aliphatic heterocycles. The Morgan fingerprint density at radius 3 is 2.60 bits per heavy atom. The fourth-order valence-electron chi connectivity index (χ4n) is 0.695. The zero-order valence-electron chi connectivity index (χ0n) is 6.71. The van der Waals surface area contributed by atoms with Crippen molar-refractivity contribution in [2.75, 3.05) is 0 Å². The molecule has 15 heavy (non-hydrogen) atoms. The summed E-state index contributed by atoms with van der Waals surface area (Å²) in [6, 6.07) is 0. The van der Waals surface area contributed by atoms with E-state index < -0.39 is 22.8 Å². The highest BCUT2D eigenvalue weighted by molar-refractivity contribution is 6.91. The molecule has 0 unspecified atom stereocenters. The van der Waals surface area contributed by atoms with Crippen LogP contribution in [0.3, 0.4) is 0 Å². The largest absolute Gasteiger partial charge is 0.437 e. The predicted octanol–water partition coefficient (Wildman–Crippen LogP) is 0.327. The van der Waals surface area contributed by atoms with Gasteiger partial charge in [0.2, 0.25) is 6.19 Å². The fourth-order valence-corrected chi connectivity index (χ4v) is 0.822. The first-order valence-corrected chi connectivity index (χ1v) is 3.63. The number of hydrazine groups is 1. The maximum atomic E-state index is 12.2. The van der Waals surface area contributed by atoms with Gasteiger partial charge >= 0.3 is 6.18 Å². The van der Waals surface area contributed by atoms with Crippen molar-refractivity contribution < 1.29 is 18.0 Å². The Bertz CT molecular complexity index is 394. The zero-order chi connectivity index (χ0) is 11.6. The third-order valence-corrected chi connectivity index (χ3v) is 1.41. The van der Waals surface area contributed by atoms with Gasteiger partial charge in [0.05, 0.1) is 0 Å². The molecule has 0 atom stereocenters. The van der Waals surface area contributed by atoms with Crippen molar-refractivity contribution in [1.29, 1.82) is 5.26 Å². The van der Waals surface area contributed by atoms with Crippen LogP contribution in [0.1, 0.15) is 0 Å². The van der Waals surface area contributed by atoms with Crippen LogP contribution in [0.25, 0.3) is 0 Å². The lowest BCUT2D eigenvalue weighted by Crippen LogP contribution is -2.43. The van der Waals surface area contributed by atoms with Gasteiger partial charge in [0.25, 0.3) is 5.24 Å². The van der Waals surface area contributed by atoms with Crippen LogP contribution in [0.2, 0.25) is 0 Å². The molecule has 1 rings (SSSR count). The second kappa shape index (κ2) is 3.74. The maximum absolute atomic E-state index is 12.2. The van der Waals surface area contributed by atoms with E-state index in [-0.39, 0.29) is 5.12 Å². The maximum Gasteiger partial charge on any atom is 0.437 e. The number of hydrogen-bond acceptors (Lipinski definition) is 6. The zero-order valence-corrected chi connectivity index (χ0v) is 7.46. The third kappa shape index (κ3) is 2.35. The van der Waals surface area contributed by atoms with Gasteiger partial charge in [-0.25, -0.2) is 0 Å². The van der Waals surface area contributed by atoms with E-state index in [4.69, 9.17) is 16.9 Å². The predicted molar refractivity (Wildman–Crippen MR) is 42.4 cm³/mol. The lowest BCUT2D eigenvalue weighted by atomic mass is 10.2. The number of hydrazone groups is 2. The number of nitriles is 1. The molecule has 0 aromatic heterocycles. The summed E-state index contributed by atoms with van der Waals surface area (Å²) in [6.45, 7) is 0. The molecule has 0 fully saturated rings.